The number of nitrogens with one attached hydrogen (secondary N) is 3. The minimum absolute atomic E-state index is 0.00152. The molecular formula is C22H20N4O3S. The van der Waals surface area contributed by atoms with E-state index in [2.05, 4.69) is 20.9 Å². The molecule has 3 amide bonds. The fourth-order valence-electron chi connectivity index (χ4n) is 2.89. The molecule has 1 saturated carbocycles. The molecule has 1 fully saturated rings. The number of anilines is 3. The van der Waals surface area contributed by atoms with Gasteiger partial charge in [-0.2, -0.15) is 0 Å². The summed E-state index contributed by atoms with van der Waals surface area (Å²) in [6, 6.07) is 14.2. The van der Waals surface area contributed by atoms with Gasteiger partial charge < -0.3 is 10.6 Å². The molecule has 4 rings (SSSR count). The number of thiazole rings is 1. The number of rotatable bonds is 6. The number of carbonyl (C=O) groups is 3. The lowest BCUT2D eigenvalue weighted by Crippen LogP contribution is -2.15. The van der Waals surface area contributed by atoms with Gasteiger partial charge in [0, 0.05) is 40.7 Å². The molecule has 1 aliphatic carbocycles. The maximum atomic E-state index is 12.6. The van der Waals surface area contributed by atoms with Crippen molar-refractivity contribution in [2.45, 2.75) is 19.8 Å². The lowest BCUT2D eigenvalue weighted by Gasteiger charge is -2.07. The van der Waals surface area contributed by atoms with Crippen LogP contribution in [0.15, 0.2) is 53.9 Å². The Morgan fingerprint density at radius 2 is 1.73 bits per heavy atom. The van der Waals surface area contributed by atoms with Crippen molar-refractivity contribution in [3.63, 3.8) is 0 Å². The van der Waals surface area contributed by atoms with E-state index in [0.29, 0.717) is 22.1 Å². The monoisotopic (exact) mass is 420 g/mol. The molecule has 30 heavy (non-hydrogen) atoms. The molecule has 3 N–H and O–H groups in total. The maximum absolute atomic E-state index is 12.6. The fraction of sp³-hybridized carbons (Fsp3) is 0.182. The molecule has 1 heterocycles. The summed E-state index contributed by atoms with van der Waals surface area (Å²) in [5, 5.41) is 10.7. The molecule has 0 aliphatic heterocycles. The summed E-state index contributed by atoms with van der Waals surface area (Å²) in [5.74, 6) is -0.317. The van der Waals surface area contributed by atoms with Crippen molar-refractivity contribution in [3.8, 4) is 11.3 Å². The minimum Gasteiger partial charge on any atom is -0.326 e. The van der Waals surface area contributed by atoms with E-state index in [-0.39, 0.29) is 23.6 Å². The van der Waals surface area contributed by atoms with Gasteiger partial charge in [-0.15, -0.1) is 11.3 Å². The first-order valence-electron chi connectivity index (χ1n) is 9.54. The summed E-state index contributed by atoms with van der Waals surface area (Å²) >= 11 is 1.33. The Bertz CT molecular complexity index is 1100. The lowest BCUT2D eigenvalue weighted by atomic mass is 10.1. The van der Waals surface area contributed by atoms with Gasteiger partial charge in [-0.1, -0.05) is 18.2 Å². The van der Waals surface area contributed by atoms with Crippen LogP contribution in [-0.2, 0) is 9.59 Å². The van der Waals surface area contributed by atoms with Gasteiger partial charge in [0.05, 0.1) is 5.69 Å². The molecule has 0 radical (unpaired) electrons. The number of carbonyl (C=O) groups excluding carboxylic acids is 3. The van der Waals surface area contributed by atoms with Crippen LogP contribution < -0.4 is 16.0 Å². The summed E-state index contributed by atoms with van der Waals surface area (Å²) in [6.45, 7) is 1.46. The highest BCUT2D eigenvalue weighted by atomic mass is 32.1. The zero-order valence-corrected chi connectivity index (χ0v) is 17.1. The molecular weight excluding hydrogens is 400 g/mol. The summed E-state index contributed by atoms with van der Waals surface area (Å²) in [5.41, 5.74) is 3.38. The smallest absolute Gasteiger partial charge is 0.257 e. The predicted molar refractivity (Wildman–Crippen MR) is 118 cm³/mol. The van der Waals surface area contributed by atoms with Crippen molar-refractivity contribution in [2.75, 3.05) is 16.0 Å². The van der Waals surface area contributed by atoms with Crippen molar-refractivity contribution in [1.82, 2.24) is 4.98 Å². The standard InChI is InChI=1S/C22H20N4O3S/c1-13(27)23-17-9-7-14(8-10-17)19-12-30-22(25-19)26-21(29)16-3-2-4-18(11-16)24-20(28)15-5-6-15/h2-4,7-12,15H,5-6H2,1H3,(H,23,27)(H,24,28)(H,25,26,29). The minimum atomic E-state index is -0.292. The topological polar surface area (TPSA) is 100 Å². The third kappa shape index (κ3) is 4.90. The molecule has 0 spiro atoms. The molecule has 152 valence electrons. The van der Waals surface area contributed by atoms with Crippen molar-refractivity contribution in [3.05, 3.63) is 59.5 Å². The molecule has 1 aromatic heterocycles. The van der Waals surface area contributed by atoms with Gasteiger partial charge in [-0.25, -0.2) is 4.98 Å². The summed E-state index contributed by atoms with van der Waals surface area (Å²) < 4.78 is 0. The first-order valence-corrected chi connectivity index (χ1v) is 10.4. The Kier molecular flexibility index (Phi) is 5.58. The van der Waals surface area contributed by atoms with Gasteiger partial charge in [0.1, 0.15) is 0 Å². The number of hydrogen-bond acceptors (Lipinski definition) is 5. The molecule has 3 aromatic rings. The third-order valence-electron chi connectivity index (χ3n) is 4.57. The van der Waals surface area contributed by atoms with E-state index in [4.69, 9.17) is 0 Å². The number of nitrogens with zero attached hydrogens (tertiary/aromatic N) is 1. The van der Waals surface area contributed by atoms with Crippen LogP contribution in [0.3, 0.4) is 0 Å². The second kappa shape index (κ2) is 8.46. The summed E-state index contributed by atoms with van der Waals surface area (Å²) in [4.78, 5) is 40.1. The van der Waals surface area contributed by atoms with Gasteiger partial charge >= 0.3 is 0 Å². The average molecular weight is 420 g/mol. The van der Waals surface area contributed by atoms with E-state index < -0.39 is 0 Å². The molecule has 0 atom stereocenters. The van der Waals surface area contributed by atoms with Gasteiger partial charge in [-0.3, -0.25) is 19.7 Å². The highest BCUT2D eigenvalue weighted by Crippen LogP contribution is 2.30. The first kappa shape index (κ1) is 19.8. The Labute approximate surface area is 177 Å². The zero-order chi connectivity index (χ0) is 21.1. The molecule has 7 nitrogen and oxygen atoms in total. The average Bonchev–Trinajstić information content (AvgIpc) is 3.48. The lowest BCUT2D eigenvalue weighted by molar-refractivity contribution is -0.117. The highest BCUT2D eigenvalue weighted by molar-refractivity contribution is 7.14. The van der Waals surface area contributed by atoms with Crippen LogP contribution in [0, 0.1) is 5.92 Å². The second-order valence-electron chi connectivity index (χ2n) is 7.09. The zero-order valence-electron chi connectivity index (χ0n) is 16.3. The Morgan fingerprint density at radius 1 is 0.967 bits per heavy atom. The number of amides is 3. The highest BCUT2D eigenvalue weighted by Gasteiger charge is 2.29. The van der Waals surface area contributed by atoms with E-state index in [9.17, 15) is 14.4 Å². The van der Waals surface area contributed by atoms with Crippen LogP contribution >= 0.6 is 11.3 Å². The van der Waals surface area contributed by atoms with Gasteiger partial charge in [0.2, 0.25) is 11.8 Å². The summed E-state index contributed by atoms with van der Waals surface area (Å²) in [7, 11) is 0. The SMILES string of the molecule is CC(=O)Nc1ccc(-c2csc(NC(=O)c3cccc(NC(=O)C4CC4)c3)n2)cc1. The van der Waals surface area contributed by atoms with Crippen LogP contribution in [0.1, 0.15) is 30.1 Å². The van der Waals surface area contributed by atoms with E-state index in [1.54, 1.807) is 36.4 Å². The summed E-state index contributed by atoms with van der Waals surface area (Å²) in [6.07, 6.45) is 1.85. The Morgan fingerprint density at radius 3 is 2.43 bits per heavy atom. The molecule has 1 aliphatic rings. The van der Waals surface area contributed by atoms with Crippen molar-refractivity contribution in [1.29, 1.82) is 0 Å². The van der Waals surface area contributed by atoms with Crippen LogP contribution in [0.4, 0.5) is 16.5 Å². The second-order valence-corrected chi connectivity index (χ2v) is 7.95. The van der Waals surface area contributed by atoms with Gasteiger partial charge in [-0.05, 0) is 43.2 Å². The van der Waals surface area contributed by atoms with Crippen LogP contribution in [0.25, 0.3) is 11.3 Å². The molecule has 0 unspecified atom stereocenters. The maximum Gasteiger partial charge on any atom is 0.257 e. The largest absolute Gasteiger partial charge is 0.326 e. The molecule has 8 heteroatoms. The predicted octanol–water partition coefficient (Wildman–Crippen LogP) is 4.37. The van der Waals surface area contributed by atoms with Gasteiger partial charge in [0.25, 0.3) is 5.91 Å². The van der Waals surface area contributed by atoms with Gasteiger partial charge in [0.15, 0.2) is 5.13 Å². The Balaban J connectivity index is 1.41. The van der Waals surface area contributed by atoms with E-state index >= 15 is 0 Å². The van der Waals surface area contributed by atoms with Crippen molar-refractivity contribution < 1.29 is 14.4 Å². The van der Waals surface area contributed by atoms with E-state index in [1.165, 1.54) is 18.3 Å². The van der Waals surface area contributed by atoms with Crippen LogP contribution in [-0.4, -0.2) is 22.7 Å². The van der Waals surface area contributed by atoms with Crippen LogP contribution in [0.2, 0.25) is 0 Å². The fourth-order valence-corrected chi connectivity index (χ4v) is 3.60. The molecule has 0 saturated heterocycles. The van der Waals surface area contributed by atoms with Crippen molar-refractivity contribution in [2.24, 2.45) is 5.92 Å². The number of hydrogen-bond donors (Lipinski definition) is 3. The third-order valence-corrected chi connectivity index (χ3v) is 5.32. The van der Waals surface area contributed by atoms with Crippen LogP contribution in [0.5, 0.6) is 0 Å². The molecule has 0 bridgehead atoms. The quantitative estimate of drug-likeness (QED) is 0.551. The first-order chi connectivity index (χ1) is 14.5. The van der Waals surface area contributed by atoms with Crippen molar-refractivity contribution >= 4 is 45.6 Å². The normalized spacial score (nSPS) is 12.8. The van der Waals surface area contributed by atoms with E-state index in [0.717, 1.165) is 24.1 Å². The molecule has 2 aromatic carbocycles. The number of aromatic nitrogens is 1. The number of benzene rings is 2. The Hall–Kier alpha value is -3.52. The van der Waals surface area contributed by atoms with E-state index in [1.807, 2.05) is 17.5 Å².